The third-order valence-corrected chi connectivity index (χ3v) is 5.69. The van der Waals surface area contributed by atoms with E-state index in [1.807, 2.05) is 0 Å². The Morgan fingerprint density at radius 3 is 2.15 bits per heavy atom. The minimum absolute atomic E-state index is 0.147. The van der Waals surface area contributed by atoms with Crippen molar-refractivity contribution in [1.82, 2.24) is 15.5 Å². The fourth-order valence-corrected chi connectivity index (χ4v) is 3.77. The van der Waals surface area contributed by atoms with Gasteiger partial charge in [-0.3, -0.25) is 9.69 Å². The number of carbonyl (C=O) groups is 2. The van der Waals surface area contributed by atoms with Gasteiger partial charge >= 0.3 is 6.09 Å². The molecule has 156 valence electrons. The standard InChI is InChI=1S/C19H35N3O4S/c1-14(27)22-10-6-18(5,7-11-22)20-15(23)19(8-12-25-13-9-19)21-16(24)26-17(2,3)4/h14,27H,6-13H2,1-5H3,(H,20,23)(H,21,24). The Morgan fingerprint density at radius 1 is 1.11 bits per heavy atom. The SMILES string of the molecule is CC(S)N1CCC(C)(NC(=O)C2(NC(=O)OC(C)(C)C)CCOCC2)CC1. The van der Waals surface area contributed by atoms with Crippen LogP contribution in [0.25, 0.3) is 0 Å². The van der Waals surface area contributed by atoms with E-state index in [0.717, 1.165) is 25.9 Å². The second-order valence-electron chi connectivity index (χ2n) is 9.00. The number of likely N-dealkylation sites (tertiary alicyclic amines) is 1. The fourth-order valence-electron chi connectivity index (χ4n) is 3.54. The number of alkyl carbamates (subject to hydrolysis) is 1. The summed E-state index contributed by atoms with van der Waals surface area (Å²) in [6.07, 6.45) is 2.01. The first-order valence-corrected chi connectivity index (χ1v) is 10.3. The Bertz CT molecular complexity index is 534. The number of ether oxygens (including phenoxy) is 2. The number of hydrogen-bond donors (Lipinski definition) is 3. The first kappa shape index (κ1) is 22.3. The van der Waals surface area contributed by atoms with Crippen molar-refractivity contribution in [3.63, 3.8) is 0 Å². The molecule has 2 N–H and O–H groups in total. The second kappa shape index (κ2) is 8.57. The maximum absolute atomic E-state index is 13.2. The van der Waals surface area contributed by atoms with E-state index >= 15 is 0 Å². The summed E-state index contributed by atoms with van der Waals surface area (Å²) in [4.78, 5) is 27.9. The fraction of sp³-hybridized carbons (Fsp3) is 0.895. The Labute approximate surface area is 168 Å². The quantitative estimate of drug-likeness (QED) is 0.630. The summed E-state index contributed by atoms with van der Waals surface area (Å²) in [5, 5.41) is 6.27. The van der Waals surface area contributed by atoms with Gasteiger partial charge in [-0.1, -0.05) is 0 Å². The first-order chi connectivity index (χ1) is 12.4. The minimum atomic E-state index is -0.989. The summed E-state index contributed by atoms with van der Waals surface area (Å²) in [5.41, 5.74) is -1.90. The molecule has 0 aliphatic carbocycles. The molecule has 2 heterocycles. The molecule has 0 radical (unpaired) electrons. The second-order valence-corrected chi connectivity index (χ2v) is 9.75. The molecule has 0 bridgehead atoms. The normalized spacial score (nSPS) is 23.9. The monoisotopic (exact) mass is 401 g/mol. The number of amides is 2. The topological polar surface area (TPSA) is 79.9 Å². The van der Waals surface area contributed by atoms with Gasteiger partial charge in [0.15, 0.2) is 0 Å². The van der Waals surface area contributed by atoms with Crippen LogP contribution in [0.5, 0.6) is 0 Å². The molecule has 0 spiro atoms. The Morgan fingerprint density at radius 2 is 1.67 bits per heavy atom. The van der Waals surface area contributed by atoms with Crippen molar-refractivity contribution in [3.8, 4) is 0 Å². The molecule has 27 heavy (non-hydrogen) atoms. The average Bonchev–Trinajstić information content (AvgIpc) is 2.53. The van der Waals surface area contributed by atoms with Gasteiger partial charge in [-0.25, -0.2) is 4.79 Å². The molecular formula is C19H35N3O4S. The summed E-state index contributed by atoms with van der Waals surface area (Å²) in [6, 6.07) is 0. The van der Waals surface area contributed by atoms with Crippen LogP contribution in [0.2, 0.25) is 0 Å². The van der Waals surface area contributed by atoms with E-state index in [4.69, 9.17) is 9.47 Å². The third kappa shape index (κ3) is 6.26. The van der Waals surface area contributed by atoms with Crippen LogP contribution in [0.1, 0.15) is 60.3 Å². The van der Waals surface area contributed by atoms with E-state index in [1.54, 1.807) is 20.8 Å². The van der Waals surface area contributed by atoms with Gasteiger partial charge in [-0.2, -0.15) is 12.6 Å². The molecular weight excluding hydrogens is 366 g/mol. The predicted octanol–water partition coefficient (Wildman–Crippen LogP) is 2.31. The van der Waals surface area contributed by atoms with Crippen molar-refractivity contribution >= 4 is 24.6 Å². The zero-order chi connectivity index (χ0) is 20.3. The van der Waals surface area contributed by atoms with Crippen molar-refractivity contribution < 1.29 is 19.1 Å². The number of nitrogens with zero attached hydrogens (tertiary/aromatic N) is 1. The van der Waals surface area contributed by atoms with Crippen LogP contribution in [-0.2, 0) is 14.3 Å². The van der Waals surface area contributed by atoms with E-state index in [2.05, 4.69) is 42.0 Å². The van der Waals surface area contributed by atoms with Crippen LogP contribution in [0, 0.1) is 0 Å². The van der Waals surface area contributed by atoms with E-state index in [-0.39, 0.29) is 16.8 Å². The molecule has 0 aromatic rings. The number of rotatable bonds is 4. The van der Waals surface area contributed by atoms with Gasteiger partial charge in [0, 0.05) is 50.1 Å². The summed E-state index contributed by atoms with van der Waals surface area (Å²) in [7, 11) is 0. The number of thiol groups is 1. The lowest BCUT2D eigenvalue weighted by molar-refractivity contribution is -0.134. The van der Waals surface area contributed by atoms with Crippen molar-refractivity contribution in [2.24, 2.45) is 0 Å². The summed E-state index contributed by atoms with van der Waals surface area (Å²) in [6.45, 7) is 12.2. The summed E-state index contributed by atoms with van der Waals surface area (Å²) >= 11 is 4.50. The first-order valence-electron chi connectivity index (χ1n) is 9.78. The molecule has 0 saturated carbocycles. The highest BCUT2D eigenvalue weighted by Gasteiger charge is 2.45. The third-order valence-electron chi connectivity index (χ3n) is 5.37. The predicted molar refractivity (Wildman–Crippen MR) is 108 cm³/mol. The Kier molecular flexibility index (Phi) is 7.08. The summed E-state index contributed by atoms with van der Waals surface area (Å²) < 4.78 is 10.8. The van der Waals surface area contributed by atoms with Gasteiger partial charge in [-0.05, 0) is 47.5 Å². The molecule has 7 nitrogen and oxygen atoms in total. The molecule has 0 aromatic carbocycles. The molecule has 2 amide bonds. The molecule has 2 saturated heterocycles. The van der Waals surface area contributed by atoms with Crippen LogP contribution < -0.4 is 10.6 Å². The number of hydrogen-bond acceptors (Lipinski definition) is 6. The molecule has 0 aromatic heterocycles. The van der Waals surface area contributed by atoms with Gasteiger partial charge in [0.1, 0.15) is 11.1 Å². The van der Waals surface area contributed by atoms with Crippen LogP contribution in [0.15, 0.2) is 0 Å². The van der Waals surface area contributed by atoms with E-state index in [0.29, 0.717) is 26.1 Å². The number of piperidine rings is 1. The molecule has 2 fully saturated rings. The lowest BCUT2D eigenvalue weighted by atomic mass is 9.84. The highest BCUT2D eigenvalue weighted by atomic mass is 32.1. The smallest absolute Gasteiger partial charge is 0.408 e. The van der Waals surface area contributed by atoms with Crippen LogP contribution in [0.3, 0.4) is 0 Å². The lowest BCUT2D eigenvalue weighted by Crippen LogP contribution is -2.66. The molecule has 2 aliphatic heterocycles. The highest BCUT2D eigenvalue weighted by molar-refractivity contribution is 7.80. The molecule has 1 unspecified atom stereocenters. The molecule has 2 aliphatic rings. The number of nitrogens with one attached hydrogen (secondary N) is 2. The zero-order valence-electron chi connectivity index (χ0n) is 17.3. The largest absolute Gasteiger partial charge is 0.444 e. The average molecular weight is 402 g/mol. The highest BCUT2D eigenvalue weighted by Crippen LogP contribution is 2.27. The van der Waals surface area contributed by atoms with Crippen LogP contribution in [-0.4, -0.2) is 65.3 Å². The minimum Gasteiger partial charge on any atom is -0.444 e. The van der Waals surface area contributed by atoms with Gasteiger partial charge in [-0.15, -0.1) is 0 Å². The Hall–Kier alpha value is -0.990. The van der Waals surface area contributed by atoms with Crippen LogP contribution >= 0.6 is 12.6 Å². The van der Waals surface area contributed by atoms with E-state index in [1.165, 1.54) is 0 Å². The van der Waals surface area contributed by atoms with E-state index in [9.17, 15) is 9.59 Å². The van der Waals surface area contributed by atoms with Crippen molar-refractivity contribution in [3.05, 3.63) is 0 Å². The number of carbonyl (C=O) groups excluding carboxylic acids is 2. The molecule has 1 atom stereocenters. The van der Waals surface area contributed by atoms with Crippen molar-refractivity contribution in [1.29, 1.82) is 0 Å². The Balaban J connectivity index is 2.05. The van der Waals surface area contributed by atoms with E-state index < -0.39 is 17.2 Å². The van der Waals surface area contributed by atoms with Crippen molar-refractivity contribution in [2.45, 2.75) is 82.4 Å². The summed E-state index contributed by atoms with van der Waals surface area (Å²) in [5.74, 6) is -0.147. The molecule has 8 heteroatoms. The molecule has 2 rings (SSSR count). The maximum atomic E-state index is 13.2. The van der Waals surface area contributed by atoms with Gasteiger partial charge < -0.3 is 20.1 Å². The zero-order valence-corrected chi connectivity index (χ0v) is 18.2. The van der Waals surface area contributed by atoms with Gasteiger partial charge in [0.05, 0.1) is 0 Å². The van der Waals surface area contributed by atoms with Gasteiger partial charge in [0.25, 0.3) is 0 Å². The van der Waals surface area contributed by atoms with Crippen LogP contribution in [0.4, 0.5) is 4.79 Å². The van der Waals surface area contributed by atoms with Gasteiger partial charge in [0.2, 0.25) is 5.91 Å². The van der Waals surface area contributed by atoms with Crippen molar-refractivity contribution in [2.75, 3.05) is 26.3 Å². The maximum Gasteiger partial charge on any atom is 0.408 e. The lowest BCUT2D eigenvalue weighted by Gasteiger charge is -2.44.